The lowest BCUT2D eigenvalue weighted by atomic mass is 10.1. The van der Waals surface area contributed by atoms with Gasteiger partial charge < -0.3 is 5.32 Å². The lowest BCUT2D eigenvalue weighted by molar-refractivity contribution is 0.651. The van der Waals surface area contributed by atoms with E-state index in [2.05, 4.69) is 10.3 Å². The molecule has 0 aliphatic carbocycles. The van der Waals surface area contributed by atoms with Crippen molar-refractivity contribution in [1.82, 2.24) is 10.3 Å². The van der Waals surface area contributed by atoms with Crippen molar-refractivity contribution in [1.29, 1.82) is 0 Å². The van der Waals surface area contributed by atoms with E-state index < -0.39 is 0 Å². The minimum atomic E-state index is 0.193. The Balaban J connectivity index is 3.04. The molecular weight excluding hydrogens is 195 g/mol. The molecule has 0 radical (unpaired) electrons. The van der Waals surface area contributed by atoms with Crippen molar-refractivity contribution in [3.8, 4) is 0 Å². The quantitative estimate of drug-likeness (QED) is 0.750. The summed E-state index contributed by atoms with van der Waals surface area (Å²) < 4.78 is 0. The molecule has 0 aromatic carbocycles. The third-order valence-corrected chi connectivity index (χ3v) is 2.27. The highest BCUT2D eigenvalue weighted by atomic mass is 35.5. The van der Waals surface area contributed by atoms with Crippen LogP contribution in [0, 0.1) is 0 Å². The number of halogens is 2. The Kier molecular flexibility index (Phi) is 3.32. The van der Waals surface area contributed by atoms with E-state index in [1.54, 1.807) is 12.3 Å². The second-order valence-electron chi connectivity index (χ2n) is 2.54. The van der Waals surface area contributed by atoms with E-state index in [4.69, 9.17) is 23.2 Å². The molecule has 66 valence electrons. The zero-order valence-electron chi connectivity index (χ0n) is 6.94. The fourth-order valence-electron chi connectivity index (χ4n) is 0.915. The van der Waals surface area contributed by atoms with Gasteiger partial charge in [0, 0.05) is 12.2 Å². The summed E-state index contributed by atoms with van der Waals surface area (Å²) >= 11 is 11.6. The third-order valence-electron chi connectivity index (χ3n) is 1.75. The van der Waals surface area contributed by atoms with Crippen LogP contribution in [0.5, 0.6) is 0 Å². The SMILES string of the molecule is CN[C@@H](C)c1cc(Cl)ncc1Cl. The molecule has 1 aromatic rings. The average Bonchev–Trinajstić information content (AvgIpc) is 2.08. The van der Waals surface area contributed by atoms with Crippen molar-refractivity contribution in [3.05, 3.63) is 28.0 Å². The molecule has 1 heterocycles. The largest absolute Gasteiger partial charge is 0.313 e. The highest BCUT2D eigenvalue weighted by Crippen LogP contribution is 2.23. The number of hydrogen-bond donors (Lipinski definition) is 1. The number of rotatable bonds is 2. The van der Waals surface area contributed by atoms with Crippen LogP contribution in [0.25, 0.3) is 0 Å². The van der Waals surface area contributed by atoms with Crippen LogP contribution in [-0.4, -0.2) is 12.0 Å². The first-order chi connectivity index (χ1) is 5.65. The van der Waals surface area contributed by atoms with Crippen LogP contribution in [-0.2, 0) is 0 Å². The summed E-state index contributed by atoms with van der Waals surface area (Å²) in [4.78, 5) is 3.86. The van der Waals surface area contributed by atoms with Gasteiger partial charge in [-0.05, 0) is 25.6 Å². The molecule has 0 unspecified atom stereocenters. The van der Waals surface area contributed by atoms with E-state index in [1.807, 2.05) is 14.0 Å². The van der Waals surface area contributed by atoms with E-state index in [1.165, 1.54) is 0 Å². The number of aromatic nitrogens is 1. The number of hydrogen-bond acceptors (Lipinski definition) is 2. The van der Waals surface area contributed by atoms with Crippen molar-refractivity contribution in [2.75, 3.05) is 7.05 Å². The number of nitrogens with one attached hydrogen (secondary N) is 1. The maximum atomic E-state index is 5.91. The van der Waals surface area contributed by atoms with Crippen LogP contribution in [0.2, 0.25) is 10.2 Å². The van der Waals surface area contributed by atoms with Gasteiger partial charge in [-0.1, -0.05) is 23.2 Å². The summed E-state index contributed by atoms with van der Waals surface area (Å²) in [6.45, 7) is 2.01. The Morgan fingerprint density at radius 3 is 2.75 bits per heavy atom. The van der Waals surface area contributed by atoms with E-state index in [9.17, 15) is 0 Å². The van der Waals surface area contributed by atoms with Crippen LogP contribution in [0.1, 0.15) is 18.5 Å². The van der Waals surface area contributed by atoms with Crippen LogP contribution >= 0.6 is 23.2 Å². The van der Waals surface area contributed by atoms with Gasteiger partial charge in [-0.25, -0.2) is 4.98 Å². The first kappa shape index (κ1) is 9.78. The second kappa shape index (κ2) is 4.08. The van der Waals surface area contributed by atoms with Gasteiger partial charge in [-0.3, -0.25) is 0 Å². The molecule has 1 rings (SSSR count). The van der Waals surface area contributed by atoms with Crippen molar-refractivity contribution in [2.45, 2.75) is 13.0 Å². The highest BCUT2D eigenvalue weighted by molar-refractivity contribution is 6.32. The van der Waals surface area contributed by atoms with E-state index in [0.29, 0.717) is 10.2 Å². The summed E-state index contributed by atoms with van der Waals surface area (Å²) in [6.07, 6.45) is 1.56. The van der Waals surface area contributed by atoms with E-state index in [-0.39, 0.29) is 6.04 Å². The molecule has 0 aliphatic heterocycles. The Morgan fingerprint density at radius 1 is 1.50 bits per heavy atom. The van der Waals surface area contributed by atoms with Crippen molar-refractivity contribution < 1.29 is 0 Å². The smallest absolute Gasteiger partial charge is 0.129 e. The average molecular weight is 205 g/mol. The maximum Gasteiger partial charge on any atom is 0.129 e. The van der Waals surface area contributed by atoms with Crippen LogP contribution in [0.15, 0.2) is 12.3 Å². The van der Waals surface area contributed by atoms with Crippen LogP contribution < -0.4 is 5.32 Å². The predicted octanol–water partition coefficient (Wildman–Crippen LogP) is 2.67. The topological polar surface area (TPSA) is 24.9 Å². The van der Waals surface area contributed by atoms with Crippen LogP contribution in [0.3, 0.4) is 0 Å². The zero-order chi connectivity index (χ0) is 9.14. The van der Waals surface area contributed by atoms with E-state index in [0.717, 1.165) is 5.56 Å². The minimum Gasteiger partial charge on any atom is -0.313 e. The molecule has 12 heavy (non-hydrogen) atoms. The molecule has 0 aliphatic rings. The molecule has 4 heteroatoms. The first-order valence-electron chi connectivity index (χ1n) is 3.63. The van der Waals surface area contributed by atoms with Gasteiger partial charge in [0.2, 0.25) is 0 Å². The van der Waals surface area contributed by atoms with Gasteiger partial charge in [-0.2, -0.15) is 0 Å². The highest BCUT2D eigenvalue weighted by Gasteiger charge is 2.07. The van der Waals surface area contributed by atoms with E-state index >= 15 is 0 Å². The van der Waals surface area contributed by atoms with Gasteiger partial charge in [0.05, 0.1) is 5.02 Å². The summed E-state index contributed by atoms with van der Waals surface area (Å²) in [5.41, 5.74) is 0.971. The van der Waals surface area contributed by atoms with Crippen LogP contribution in [0.4, 0.5) is 0 Å². The summed E-state index contributed by atoms with van der Waals surface area (Å²) in [6, 6.07) is 1.96. The monoisotopic (exact) mass is 204 g/mol. The lowest BCUT2D eigenvalue weighted by Gasteiger charge is -2.11. The third kappa shape index (κ3) is 2.09. The molecule has 1 atom stereocenters. The van der Waals surface area contributed by atoms with Gasteiger partial charge in [0.15, 0.2) is 0 Å². The molecule has 0 bridgehead atoms. The Morgan fingerprint density at radius 2 is 2.17 bits per heavy atom. The van der Waals surface area contributed by atoms with Gasteiger partial charge in [-0.15, -0.1) is 0 Å². The fourth-order valence-corrected chi connectivity index (χ4v) is 1.35. The lowest BCUT2D eigenvalue weighted by Crippen LogP contribution is -2.12. The van der Waals surface area contributed by atoms with Gasteiger partial charge in [0.25, 0.3) is 0 Å². The van der Waals surface area contributed by atoms with Crippen molar-refractivity contribution in [3.63, 3.8) is 0 Å². The fraction of sp³-hybridized carbons (Fsp3) is 0.375. The Labute approximate surface area is 81.9 Å². The molecule has 1 N–H and O–H groups in total. The Bertz CT molecular complexity index is 276. The molecule has 0 saturated heterocycles. The molecular formula is C8H10Cl2N2. The standard InChI is InChI=1S/C8H10Cl2N2/c1-5(11-2)6-3-8(10)12-4-7(6)9/h3-5,11H,1-2H3/t5-/m0/s1. The maximum absolute atomic E-state index is 5.91. The first-order valence-corrected chi connectivity index (χ1v) is 4.39. The molecule has 0 amide bonds. The predicted molar refractivity (Wildman–Crippen MR) is 51.7 cm³/mol. The van der Waals surface area contributed by atoms with Gasteiger partial charge in [0.1, 0.15) is 5.15 Å². The Hall–Kier alpha value is -0.310. The number of nitrogens with zero attached hydrogens (tertiary/aromatic N) is 1. The number of pyridine rings is 1. The zero-order valence-corrected chi connectivity index (χ0v) is 8.45. The van der Waals surface area contributed by atoms with Gasteiger partial charge >= 0.3 is 0 Å². The summed E-state index contributed by atoms with van der Waals surface area (Å²) in [5.74, 6) is 0. The molecule has 2 nitrogen and oxygen atoms in total. The molecule has 0 saturated carbocycles. The summed E-state index contributed by atoms with van der Waals surface area (Å²) in [7, 11) is 1.87. The minimum absolute atomic E-state index is 0.193. The summed E-state index contributed by atoms with van der Waals surface area (Å²) in [5, 5.41) is 4.19. The van der Waals surface area contributed by atoms with Crippen molar-refractivity contribution >= 4 is 23.2 Å². The molecule has 1 aromatic heterocycles. The normalized spacial score (nSPS) is 13.0. The second-order valence-corrected chi connectivity index (χ2v) is 3.33. The van der Waals surface area contributed by atoms with Crippen molar-refractivity contribution in [2.24, 2.45) is 0 Å². The molecule has 0 fully saturated rings. The molecule has 0 spiro atoms.